The minimum atomic E-state index is -4.54. The molecule has 1 aliphatic heterocycles. The van der Waals surface area contributed by atoms with Gasteiger partial charge in [0.05, 0.1) is 13.2 Å². The molecular weight excluding hydrogens is 261 g/mol. The number of hydrogen-bond donors (Lipinski definition) is 2. The fourth-order valence-electron chi connectivity index (χ4n) is 1.91. The van der Waals surface area contributed by atoms with E-state index in [0.717, 1.165) is 5.57 Å². The van der Waals surface area contributed by atoms with Crippen molar-refractivity contribution < 1.29 is 22.7 Å². The van der Waals surface area contributed by atoms with E-state index >= 15 is 0 Å². The van der Waals surface area contributed by atoms with E-state index in [-0.39, 0.29) is 32.7 Å². The molecule has 110 valence electrons. The molecule has 1 atom stereocenters. The first-order valence-electron chi connectivity index (χ1n) is 6.07. The maximum Gasteiger partial charge on any atom is 0.404 e. The molecule has 19 heavy (non-hydrogen) atoms. The first-order valence-corrected chi connectivity index (χ1v) is 6.07. The summed E-state index contributed by atoms with van der Waals surface area (Å²) in [7, 11) is 0. The highest BCUT2D eigenvalue weighted by Gasteiger charge is 2.61. The van der Waals surface area contributed by atoms with Gasteiger partial charge in [0.1, 0.15) is 0 Å². The van der Waals surface area contributed by atoms with Crippen molar-refractivity contribution in [2.45, 2.75) is 19.5 Å². The van der Waals surface area contributed by atoms with Crippen molar-refractivity contribution in [3.8, 4) is 0 Å². The molecule has 1 unspecified atom stereocenters. The van der Waals surface area contributed by atoms with Crippen LogP contribution < -0.4 is 10.6 Å². The van der Waals surface area contributed by atoms with Crippen LogP contribution >= 0.6 is 0 Å². The number of ether oxygens (including phenoxy) is 1. The topological polar surface area (TPSA) is 50.4 Å². The van der Waals surface area contributed by atoms with Gasteiger partial charge in [0.15, 0.2) is 5.41 Å². The first-order chi connectivity index (χ1) is 8.79. The van der Waals surface area contributed by atoms with Gasteiger partial charge in [0.25, 0.3) is 0 Å². The van der Waals surface area contributed by atoms with Crippen LogP contribution in [0.25, 0.3) is 0 Å². The van der Waals surface area contributed by atoms with E-state index in [1.807, 2.05) is 0 Å². The van der Waals surface area contributed by atoms with E-state index in [1.54, 1.807) is 6.92 Å². The molecule has 0 aromatic rings. The van der Waals surface area contributed by atoms with E-state index < -0.39 is 17.5 Å². The Labute approximate surface area is 110 Å². The number of nitrogens with one attached hydrogen (secondary N) is 2. The molecule has 7 heteroatoms. The summed E-state index contributed by atoms with van der Waals surface area (Å²) in [6.45, 7) is 5.79. The number of alkyl halides is 3. The molecule has 0 aromatic heterocycles. The second-order valence-electron chi connectivity index (χ2n) is 4.77. The summed E-state index contributed by atoms with van der Waals surface area (Å²) in [5.41, 5.74) is -1.49. The number of carbonyl (C=O) groups is 1. The second-order valence-corrected chi connectivity index (χ2v) is 4.77. The largest absolute Gasteiger partial charge is 0.404 e. The van der Waals surface area contributed by atoms with E-state index in [2.05, 4.69) is 17.2 Å². The third kappa shape index (κ3) is 3.94. The van der Waals surface area contributed by atoms with Gasteiger partial charge in [-0.1, -0.05) is 12.2 Å². The Kier molecular flexibility index (Phi) is 5.37. The predicted octanol–water partition coefficient (Wildman–Crippen LogP) is 1.24. The fraction of sp³-hybridized carbons (Fsp3) is 0.750. The number of hydrogen-bond acceptors (Lipinski definition) is 3. The molecule has 1 amide bonds. The Bertz CT molecular complexity index is 336. The lowest BCUT2D eigenvalue weighted by Gasteiger charge is -2.29. The van der Waals surface area contributed by atoms with Crippen molar-refractivity contribution in [1.29, 1.82) is 0 Å². The van der Waals surface area contributed by atoms with Gasteiger partial charge in [-0.25, -0.2) is 0 Å². The van der Waals surface area contributed by atoms with Crippen molar-refractivity contribution in [3.63, 3.8) is 0 Å². The van der Waals surface area contributed by atoms with Crippen molar-refractivity contribution >= 4 is 5.91 Å². The first kappa shape index (κ1) is 16.0. The van der Waals surface area contributed by atoms with Crippen LogP contribution in [0.5, 0.6) is 0 Å². The molecule has 0 saturated carbocycles. The molecule has 1 aliphatic rings. The molecule has 0 aliphatic carbocycles. The average Bonchev–Trinajstić information content (AvgIpc) is 2.77. The van der Waals surface area contributed by atoms with Gasteiger partial charge in [0.2, 0.25) is 5.91 Å². The summed E-state index contributed by atoms with van der Waals surface area (Å²) >= 11 is 0. The van der Waals surface area contributed by atoms with Gasteiger partial charge in [0, 0.05) is 13.1 Å². The average molecular weight is 280 g/mol. The van der Waals surface area contributed by atoms with Crippen molar-refractivity contribution in [3.05, 3.63) is 12.2 Å². The zero-order valence-electron chi connectivity index (χ0n) is 10.9. The number of halogens is 3. The molecule has 0 bridgehead atoms. The highest BCUT2D eigenvalue weighted by Crippen LogP contribution is 2.43. The van der Waals surface area contributed by atoms with Crippen molar-refractivity contribution in [2.75, 3.05) is 32.8 Å². The van der Waals surface area contributed by atoms with Crippen molar-refractivity contribution in [2.24, 2.45) is 5.41 Å². The van der Waals surface area contributed by atoms with Crippen LogP contribution in [0.15, 0.2) is 12.2 Å². The maximum absolute atomic E-state index is 13.0. The van der Waals surface area contributed by atoms with Gasteiger partial charge in [-0.15, -0.1) is 0 Å². The van der Waals surface area contributed by atoms with Crippen LogP contribution in [0.4, 0.5) is 13.2 Å². The lowest BCUT2D eigenvalue weighted by molar-refractivity contribution is -0.216. The lowest BCUT2D eigenvalue weighted by Crippen LogP contribution is -2.52. The Morgan fingerprint density at radius 1 is 1.53 bits per heavy atom. The third-order valence-electron chi connectivity index (χ3n) is 3.01. The van der Waals surface area contributed by atoms with E-state index in [0.29, 0.717) is 6.61 Å². The summed E-state index contributed by atoms with van der Waals surface area (Å²) in [4.78, 5) is 11.8. The van der Waals surface area contributed by atoms with Crippen LogP contribution in [0.1, 0.15) is 13.3 Å². The Balaban J connectivity index is 2.44. The van der Waals surface area contributed by atoms with Crippen LogP contribution in [-0.2, 0) is 9.53 Å². The smallest absolute Gasteiger partial charge is 0.375 e. The second kappa shape index (κ2) is 6.38. The van der Waals surface area contributed by atoms with Gasteiger partial charge < -0.3 is 15.4 Å². The van der Waals surface area contributed by atoms with E-state index in [4.69, 9.17) is 4.74 Å². The molecule has 4 nitrogen and oxygen atoms in total. The highest BCUT2D eigenvalue weighted by molar-refractivity contribution is 5.84. The summed E-state index contributed by atoms with van der Waals surface area (Å²) < 4.78 is 44.1. The monoisotopic (exact) mass is 280 g/mol. The zero-order valence-corrected chi connectivity index (χ0v) is 10.9. The fourth-order valence-corrected chi connectivity index (χ4v) is 1.91. The molecule has 1 rings (SSSR count). The van der Waals surface area contributed by atoms with Gasteiger partial charge >= 0.3 is 6.18 Å². The standard InChI is InChI=1S/C12H19F3N2O2/c1-9(2)7-19-6-5-17-10(18)11(12(13,14)15)3-4-16-8-11/h16H,1,3-8H2,2H3,(H,17,18). The molecule has 0 aromatic carbocycles. The summed E-state index contributed by atoms with van der Waals surface area (Å²) in [5, 5.41) is 4.89. The zero-order chi connectivity index (χ0) is 14.5. The molecule has 0 spiro atoms. The third-order valence-corrected chi connectivity index (χ3v) is 3.01. The van der Waals surface area contributed by atoms with Gasteiger partial charge in [-0.05, 0) is 19.9 Å². The Morgan fingerprint density at radius 2 is 2.21 bits per heavy atom. The summed E-state index contributed by atoms with van der Waals surface area (Å²) in [6.07, 6.45) is -4.77. The van der Waals surface area contributed by atoms with E-state index in [9.17, 15) is 18.0 Å². The normalized spacial score (nSPS) is 23.4. The quantitative estimate of drug-likeness (QED) is 0.568. The molecule has 1 fully saturated rings. The summed E-state index contributed by atoms with van der Waals surface area (Å²) in [5.74, 6) is -0.982. The predicted molar refractivity (Wildman–Crippen MR) is 64.6 cm³/mol. The van der Waals surface area contributed by atoms with Crippen molar-refractivity contribution in [1.82, 2.24) is 10.6 Å². The molecule has 0 radical (unpaired) electrons. The number of carbonyl (C=O) groups excluding carboxylic acids is 1. The Hall–Kier alpha value is -1.08. The lowest BCUT2D eigenvalue weighted by atomic mass is 9.85. The highest BCUT2D eigenvalue weighted by atomic mass is 19.4. The molecule has 1 saturated heterocycles. The molecule has 2 N–H and O–H groups in total. The Morgan fingerprint density at radius 3 is 2.68 bits per heavy atom. The van der Waals surface area contributed by atoms with Crippen LogP contribution in [-0.4, -0.2) is 44.9 Å². The molecule has 1 heterocycles. The number of amides is 1. The minimum absolute atomic E-state index is 0.0595. The summed E-state index contributed by atoms with van der Waals surface area (Å²) in [6, 6.07) is 0. The van der Waals surface area contributed by atoms with Crippen LogP contribution in [0, 0.1) is 5.41 Å². The van der Waals surface area contributed by atoms with Crippen LogP contribution in [0.2, 0.25) is 0 Å². The SMILES string of the molecule is C=C(C)COCCNC(=O)C1(C(F)(F)F)CCNC1. The molecular formula is C12H19F3N2O2. The number of rotatable bonds is 6. The van der Waals surface area contributed by atoms with Gasteiger partial charge in [-0.2, -0.15) is 13.2 Å². The maximum atomic E-state index is 13.0. The van der Waals surface area contributed by atoms with E-state index in [1.165, 1.54) is 0 Å². The minimum Gasteiger partial charge on any atom is -0.375 e. The van der Waals surface area contributed by atoms with Crippen LogP contribution in [0.3, 0.4) is 0 Å². The van der Waals surface area contributed by atoms with Gasteiger partial charge in [-0.3, -0.25) is 4.79 Å².